The zero-order valence-electron chi connectivity index (χ0n) is 3.07. The summed E-state index contributed by atoms with van der Waals surface area (Å²) in [5.74, 6) is 0. The van der Waals surface area contributed by atoms with Crippen LogP contribution in [-0.2, 0) is 11.0 Å². The summed E-state index contributed by atoms with van der Waals surface area (Å²) < 4.78 is 0. The maximum Gasteiger partial charge on any atom is 2.00 e. The van der Waals surface area contributed by atoms with Crippen molar-refractivity contribution in [2.75, 3.05) is 0 Å². The minimum atomic E-state index is 0. The van der Waals surface area contributed by atoms with Crippen LogP contribution in [-0.4, -0.2) is 81.9 Å². The Hall–Kier alpha value is 4.15. The average molecular weight is 907 g/mol. The molecule has 0 rings (SSSR count). The van der Waals surface area contributed by atoms with Gasteiger partial charge in [-0.3, -0.25) is 0 Å². The summed E-state index contributed by atoms with van der Waals surface area (Å²) in [6, 6.07) is 0. The minimum absolute atomic E-state index is 0. The average Bonchev–Trinajstić information content (AvgIpc) is 0. The second-order valence-electron chi connectivity index (χ2n) is 0. The predicted octanol–water partition coefficient (Wildman–Crippen LogP) is -7.37. The molecule has 0 heterocycles. The maximum absolute atomic E-state index is 0. The molecule has 0 aliphatic carbocycles. The van der Waals surface area contributed by atoms with Crippen molar-refractivity contribution in [1.29, 1.82) is 0 Å². The van der Waals surface area contributed by atoms with Crippen molar-refractivity contribution >= 4 is 81.9 Å². The van der Waals surface area contributed by atoms with E-state index in [2.05, 4.69) is 0 Å². The van der Waals surface area contributed by atoms with Gasteiger partial charge in [-0.25, -0.2) is 0 Å². The van der Waals surface area contributed by atoms with Gasteiger partial charge in [0.25, 0.3) is 0 Å². The number of hydrogen-bond donors (Lipinski definition) is 0. The molecule has 0 aromatic heterocycles. The van der Waals surface area contributed by atoms with Crippen molar-refractivity contribution in [2.24, 2.45) is 0 Å². The molecule has 7 heteroatoms. The second-order valence-corrected chi connectivity index (χ2v) is 0. The van der Waals surface area contributed by atoms with Crippen LogP contribution in [0.25, 0.3) is 0 Å². The van der Waals surface area contributed by atoms with Crippen LogP contribution in [0.2, 0.25) is 0 Å². The van der Waals surface area contributed by atoms with Crippen LogP contribution < -0.4 is 48.0 Å². The van der Waals surface area contributed by atoms with Gasteiger partial charge in [0.15, 0.2) is 0 Å². The molecule has 0 unspecified atom stereocenters. The fraction of sp³-hybridized carbons (Fsp3) is 0. The summed E-state index contributed by atoms with van der Waals surface area (Å²) in [4.78, 5) is 0. The van der Waals surface area contributed by atoms with E-state index in [1.165, 1.54) is 0 Å². The summed E-state index contributed by atoms with van der Waals surface area (Å²) in [5.41, 5.74) is 0. The molecule has 0 amide bonds. The molecular formula is I2O2Pb3. The molecule has 0 saturated carbocycles. The summed E-state index contributed by atoms with van der Waals surface area (Å²) in [6.07, 6.45) is 0. The molecule has 0 aromatic carbocycles. The van der Waals surface area contributed by atoms with Crippen molar-refractivity contribution in [3.8, 4) is 0 Å². The zero-order valence-corrected chi connectivity index (χ0v) is 19.0. The number of rotatable bonds is 0. The fourth-order valence-electron chi connectivity index (χ4n) is 0. The Morgan fingerprint density at radius 1 is 0.429 bits per heavy atom. The van der Waals surface area contributed by atoms with Gasteiger partial charge in [-0.2, -0.15) is 0 Å². The molecule has 0 saturated heterocycles. The standard InChI is InChI=1S/2HI.2O.3Pb/h2*1H;;;;;/q;;2*-2;3*+2/p-2. The molecule has 2 nitrogen and oxygen atoms in total. The van der Waals surface area contributed by atoms with E-state index in [0.717, 1.165) is 0 Å². The fourth-order valence-corrected chi connectivity index (χ4v) is 0. The number of hydrogen-bond acceptors (Lipinski definition) is 0. The van der Waals surface area contributed by atoms with Crippen molar-refractivity contribution < 1.29 is 58.9 Å². The van der Waals surface area contributed by atoms with Crippen LogP contribution in [0.4, 0.5) is 0 Å². The van der Waals surface area contributed by atoms with Gasteiger partial charge in [0.1, 0.15) is 0 Å². The van der Waals surface area contributed by atoms with E-state index in [4.69, 9.17) is 0 Å². The van der Waals surface area contributed by atoms with Gasteiger partial charge >= 0.3 is 81.9 Å². The molecule has 7 heavy (non-hydrogen) atoms. The molecule has 0 aromatic rings. The first kappa shape index (κ1) is 66.7. The molecule has 0 fully saturated rings. The van der Waals surface area contributed by atoms with Crippen LogP contribution in [0.3, 0.4) is 0 Å². The third-order valence-corrected chi connectivity index (χ3v) is 0. The van der Waals surface area contributed by atoms with Gasteiger partial charge in [-0.05, 0) is 0 Å². The molecular weight excluding hydrogens is 907 g/mol. The predicted molar refractivity (Wildman–Crippen MR) is 18.6 cm³/mol. The van der Waals surface area contributed by atoms with Crippen LogP contribution in [0.5, 0.6) is 0 Å². The minimum Gasteiger partial charge on any atom is -2.00 e. The van der Waals surface area contributed by atoms with Crippen molar-refractivity contribution in [3.05, 3.63) is 0 Å². The van der Waals surface area contributed by atoms with Crippen molar-refractivity contribution in [1.82, 2.24) is 0 Å². The Labute approximate surface area is 137 Å². The molecule has 0 aliphatic heterocycles. The van der Waals surface area contributed by atoms with Crippen LogP contribution in [0.15, 0.2) is 0 Å². The Morgan fingerprint density at radius 2 is 0.429 bits per heavy atom. The van der Waals surface area contributed by atoms with Gasteiger partial charge in [0.05, 0.1) is 0 Å². The molecule has 0 N–H and O–H groups in total. The topological polar surface area (TPSA) is 57.0 Å². The molecule has 0 aliphatic rings. The van der Waals surface area contributed by atoms with Gasteiger partial charge in [-0.1, -0.05) is 0 Å². The van der Waals surface area contributed by atoms with E-state index < -0.39 is 0 Å². The monoisotopic (exact) mass is 910 g/mol. The third kappa shape index (κ3) is 39.2. The summed E-state index contributed by atoms with van der Waals surface area (Å²) in [7, 11) is 0. The summed E-state index contributed by atoms with van der Waals surface area (Å²) in [5, 5.41) is 0. The second kappa shape index (κ2) is 49.4. The Kier molecular flexibility index (Phi) is 471. The van der Waals surface area contributed by atoms with Gasteiger partial charge in [0.2, 0.25) is 0 Å². The van der Waals surface area contributed by atoms with E-state index in [9.17, 15) is 0 Å². The largest absolute Gasteiger partial charge is 2.00 e. The molecule has 0 atom stereocenters. The molecule has 0 bridgehead atoms. The summed E-state index contributed by atoms with van der Waals surface area (Å²) >= 11 is 0. The first-order valence-corrected chi connectivity index (χ1v) is 0. The van der Waals surface area contributed by atoms with Crippen LogP contribution >= 0.6 is 0 Å². The maximum atomic E-state index is 0. The SMILES string of the molecule is [I-].[I-].[O-2].[O-2].[Pb+2].[Pb+2].[Pb+2]. The van der Waals surface area contributed by atoms with E-state index in [0.29, 0.717) is 0 Å². The first-order chi connectivity index (χ1) is 0. The van der Waals surface area contributed by atoms with Crippen molar-refractivity contribution in [2.45, 2.75) is 0 Å². The van der Waals surface area contributed by atoms with Gasteiger partial charge in [0, 0.05) is 0 Å². The molecule has 6 radical (unpaired) electrons. The van der Waals surface area contributed by atoms with Gasteiger partial charge in [-0.15, -0.1) is 0 Å². The van der Waals surface area contributed by atoms with E-state index >= 15 is 0 Å². The molecule has 0 spiro atoms. The smallest absolute Gasteiger partial charge is 2.00 e. The van der Waals surface area contributed by atoms with Crippen molar-refractivity contribution in [3.63, 3.8) is 0 Å². The van der Waals surface area contributed by atoms with E-state index in [1.54, 1.807) is 0 Å². The Morgan fingerprint density at radius 3 is 0.429 bits per heavy atom. The third-order valence-electron chi connectivity index (χ3n) is 0. The van der Waals surface area contributed by atoms with Crippen LogP contribution in [0, 0.1) is 0 Å². The first-order valence-electron chi connectivity index (χ1n) is 0. The van der Waals surface area contributed by atoms with Crippen LogP contribution in [0.1, 0.15) is 0 Å². The molecule has 38 valence electrons. The normalized spacial score (nSPS) is 0. The summed E-state index contributed by atoms with van der Waals surface area (Å²) in [6.45, 7) is 0. The zero-order chi connectivity index (χ0) is 0. The quantitative estimate of drug-likeness (QED) is 0.172. The van der Waals surface area contributed by atoms with E-state index in [-0.39, 0.29) is 141 Å². The Bertz CT molecular complexity index is 10.9. The Balaban J connectivity index is 0. The number of halogens is 2. The van der Waals surface area contributed by atoms with E-state index in [1.807, 2.05) is 0 Å². The van der Waals surface area contributed by atoms with Gasteiger partial charge < -0.3 is 58.9 Å².